The van der Waals surface area contributed by atoms with Gasteiger partial charge in [0.2, 0.25) is 0 Å². The molecule has 0 fully saturated rings. The Morgan fingerprint density at radius 3 is 2.64 bits per heavy atom. The molecule has 1 aliphatic rings. The lowest BCUT2D eigenvalue weighted by Crippen LogP contribution is -2.11. The van der Waals surface area contributed by atoms with Crippen LogP contribution in [-0.4, -0.2) is 24.7 Å². The minimum absolute atomic E-state index is 0.0979. The lowest BCUT2D eigenvalue weighted by Gasteiger charge is -2.20. The van der Waals surface area contributed by atoms with Gasteiger partial charge in [-0.2, -0.15) is 0 Å². The summed E-state index contributed by atoms with van der Waals surface area (Å²) in [4.78, 5) is 24.1. The van der Waals surface area contributed by atoms with Crippen molar-refractivity contribution >= 4 is 11.2 Å². The first-order chi connectivity index (χ1) is 17.5. The lowest BCUT2D eigenvalue weighted by molar-refractivity contribution is 0.380. The van der Waals surface area contributed by atoms with E-state index in [0.29, 0.717) is 12.2 Å². The van der Waals surface area contributed by atoms with E-state index in [2.05, 4.69) is 77.1 Å². The second kappa shape index (κ2) is 8.90. The van der Waals surface area contributed by atoms with Crippen molar-refractivity contribution in [1.82, 2.24) is 24.7 Å². The van der Waals surface area contributed by atoms with Crippen LogP contribution in [0, 0.1) is 13.8 Å². The molecule has 1 aliphatic carbocycles. The average molecular weight is 480 g/mol. The number of imidazole rings is 1. The van der Waals surface area contributed by atoms with Crippen LogP contribution in [0.5, 0.6) is 0 Å². The molecule has 0 saturated heterocycles. The highest BCUT2D eigenvalue weighted by Gasteiger charge is 2.25. The number of hydrogen-bond donors (Lipinski definition) is 1. The number of nitrogens with zero attached hydrogens (tertiary/aromatic N) is 4. The van der Waals surface area contributed by atoms with E-state index in [9.17, 15) is 4.79 Å². The molecule has 1 N–H and O–H groups in total. The van der Waals surface area contributed by atoms with Crippen molar-refractivity contribution in [2.24, 2.45) is 0 Å². The third-order valence-corrected chi connectivity index (χ3v) is 7.32. The lowest BCUT2D eigenvalue weighted by atomic mass is 9.85. The van der Waals surface area contributed by atoms with Crippen LogP contribution in [-0.2, 0) is 32.2 Å². The second-order valence-electron chi connectivity index (χ2n) is 9.75. The molecule has 6 rings (SSSR count). The van der Waals surface area contributed by atoms with Gasteiger partial charge < -0.3 is 4.57 Å². The van der Waals surface area contributed by atoms with Gasteiger partial charge in [-0.25, -0.2) is 14.8 Å². The van der Waals surface area contributed by atoms with Gasteiger partial charge in [0.05, 0.1) is 6.54 Å². The zero-order chi connectivity index (χ0) is 24.8. The van der Waals surface area contributed by atoms with E-state index in [1.807, 2.05) is 6.92 Å². The van der Waals surface area contributed by atoms with Gasteiger partial charge in [0.1, 0.15) is 11.3 Å². The molecule has 3 aromatic heterocycles. The molecule has 1 unspecified atom stereocenters. The normalized spacial score (nSPS) is 15.0. The SMILES string of the molecule is CCc1nc2c(C)cc(C)nc2n1Cc1ccc2c(c1)CCc1ccccc1C2Cc1noc(=O)[nH]1. The van der Waals surface area contributed by atoms with Gasteiger partial charge in [-0.3, -0.25) is 9.51 Å². The zero-order valence-electron chi connectivity index (χ0n) is 20.8. The Balaban J connectivity index is 1.41. The number of hydrogen-bond acceptors (Lipinski definition) is 5. The van der Waals surface area contributed by atoms with Gasteiger partial charge in [0, 0.05) is 24.5 Å². The Morgan fingerprint density at radius 1 is 1.03 bits per heavy atom. The maximum atomic E-state index is 11.6. The Labute approximate surface area is 209 Å². The van der Waals surface area contributed by atoms with Crippen LogP contribution in [0.3, 0.4) is 0 Å². The summed E-state index contributed by atoms with van der Waals surface area (Å²) in [5, 5.41) is 3.96. The van der Waals surface area contributed by atoms with Crippen LogP contribution in [0.4, 0.5) is 0 Å². The van der Waals surface area contributed by atoms with Crippen molar-refractivity contribution in [1.29, 1.82) is 0 Å². The quantitative estimate of drug-likeness (QED) is 0.391. The first-order valence-electron chi connectivity index (χ1n) is 12.6. The van der Waals surface area contributed by atoms with Crippen LogP contribution in [0.25, 0.3) is 11.2 Å². The number of pyridine rings is 1. The maximum Gasteiger partial charge on any atom is 0.438 e. The monoisotopic (exact) mass is 479 g/mol. The van der Waals surface area contributed by atoms with E-state index in [4.69, 9.17) is 14.5 Å². The van der Waals surface area contributed by atoms with Crippen molar-refractivity contribution in [2.75, 3.05) is 0 Å². The molecule has 2 aromatic carbocycles. The largest absolute Gasteiger partial charge is 0.438 e. The highest BCUT2D eigenvalue weighted by Crippen LogP contribution is 2.36. The third-order valence-electron chi connectivity index (χ3n) is 7.32. The van der Waals surface area contributed by atoms with Crippen molar-refractivity contribution in [2.45, 2.75) is 58.9 Å². The fraction of sp³-hybridized carbons (Fsp3) is 0.310. The topological polar surface area (TPSA) is 89.6 Å². The Kier molecular flexibility index (Phi) is 5.55. The van der Waals surface area contributed by atoms with Crippen LogP contribution in [0.1, 0.15) is 63.6 Å². The molecular formula is C29H29N5O2. The van der Waals surface area contributed by atoms with Crippen molar-refractivity contribution in [3.63, 3.8) is 0 Å². The summed E-state index contributed by atoms with van der Waals surface area (Å²) in [5.41, 5.74) is 10.6. The number of benzene rings is 2. The van der Waals surface area contributed by atoms with Crippen LogP contribution in [0.15, 0.2) is 57.8 Å². The predicted molar refractivity (Wildman–Crippen MR) is 138 cm³/mol. The molecule has 0 spiro atoms. The van der Waals surface area contributed by atoms with Gasteiger partial charge in [-0.15, -0.1) is 0 Å². The number of aromatic amines is 1. The number of nitrogens with one attached hydrogen (secondary N) is 1. The van der Waals surface area contributed by atoms with E-state index >= 15 is 0 Å². The maximum absolute atomic E-state index is 11.6. The standard InChI is InChI=1S/C29H29N5O2/c1-4-26-32-27-17(2)13-18(3)30-28(27)34(26)16-19-9-12-23-21(14-19)11-10-20-7-5-6-8-22(20)24(23)15-25-31-29(35)36-33-25/h5-9,12-14,24H,4,10-11,15-16H2,1-3H3,(H,31,33,35). The Morgan fingerprint density at radius 2 is 1.83 bits per heavy atom. The van der Waals surface area contributed by atoms with Gasteiger partial charge in [0.15, 0.2) is 11.5 Å². The highest BCUT2D eigenvalue weighted by atomic mass is 16.5. The molecule has 3 heterocycles. The average Bonchev–Trinajstić information content (AvgIpc) is 3.40. The molecule has 182 valence electrons. The summed E-state index contributed by atoms with van der Waals surface area (Å²) in [7, 11) is 0. The fourth-order valence-corrected chi connectivity index (χ4v) is 5.68. The number of aryl methyl sites for hydroxylation is 5. The zero-order valence-corrected chi connectivity index (χ0v) is 20.8. The fourth-order valence-electron chi connectivity index (χ4n) is 5.68. The number of fused-ring (bicyclic) bond motifs is 3. The van der Waals surface area contributed by atoms with Crippen molar-refractivity contribution in [3.05, 3.63) is 110 Å². The molecule has 5 aromatic rings. The molecule has 0 radical (unpaired) electrons. The summed E-state index contributed by atoms with van der Waals surface area (Å²) in [6.07, 6.45) is 3.39. The third kappa shape index (κ3) is 3.94. The summed E-state index contributed by atoms with van der Waals surface area (Å²) in [6, 6.07) is 17.5. The molecule has 0 aliphatic heterocycles. The van der Waals surface area contributed by atoms with Gasteiger partial charge in [-0.05, 0) is 66.1 Å². The van der Waals surface area contributed by atoms with Crippen LogP contribution < -0.4 is 5.76 Å². The highest BCUT2D eigenvalue weighted by molar-refractivity contribution is 5.76. The van der Waals surface area contributed by atoms with E-state index in [0.717, 1.165) is 48.5 Å². The molecule has 0 bridgehead atoms. The van der Waals surface area contributed by atoms with E-state index in [1.54, 1.807) is 0 Å². The Hall–Kier alpha value is -4.00. The second-order valence-corrected chi connectivity index (χ2v) is 9.75. The summed E-state index contributed by atoms with van der Waals surface area (Å²) >= 11 is 0. The first kappa shape index (κ1) is 22.5. The molecule has 0 amide bonds. The van der Waals surface area contributed by atoms with Crippen LogP contribution >= 0.6 is 0 Å². The number of aromatic nitrogens is 5. The molecule has 7 heteroatoms. The molecule has 1 atom stereocenters. The molecule has 36 heavy (non-hydrogen) atoms. The minimum atomic E-state index is -0.513. The summed E-state index contributed by atoms with van der Waals surface area (Å²) < 4.78 is 7.05. The minimum Gasteiger partial charge on any atom is -0.308 e. The van der Waals surface area contributed by atoms with Gasteiger partial charge in [-0.1, -0.05) is 54.5 Å². The summed E-state index contributed by atoms with van der Waals surface area (Å²) in [5.74, 6) is 1.22. The smallest absolute Gasteiger partial charge is 0.308 e. The van der Waals surface area contributed by atoms with Crippen LogP contribution in [0.2, 0.25) is 0 Å². The number of H-pyrrole nitrogens is 1. The molecular weight excluding hydrogens is 450 g/mol. The molecule has 0 saturated carbocycles. The Bertz CT molecular complexity index is 1640. The van der Waals surface area contributed by atoms with Gasteiger partial charge in [0.25, 0.3) is 0 Å². The molecule has 7 nitrogen and oxygen atoms in total. The van der Waals surface area contributed by atoms with Crippen molar-refractivity contribution < 1.29 is 4.52 Å². The van der Waals surface area contributed by atoms with E-state index in [1.165, 1.54) is 33.4 Å². The van der Waals surface area contributed by atoms with Crippen molar-refractivity contribution in [3.8, 4) is 0 Å². The summed E-state index contributed by atoms with van der Waals surface area (Å²) in [6.45, 7) is 7.03. The van der Waals surface area contributed by atoms with E-state index < -0.39 is 5.76 Å². The van der Waals surface area contributed by atoms with Gasteiger partial charge >= 0.3 is 5.76 Å². The number of rotatable bonds is 5. The first-order valence-corrected chi connectivity index (χ1v) is 12.6. The van der Waals surface area contributed by atoms with E-state index in [-0.39, 0.29) is 5.92 Å². The predicted octanol–water partition coefficient (Wildman–Crippen LogP) is 4.81.